The van der Waals surface area contributed by atoms with Crippen LogP contribution in [0.15, 0.2) is 22.7 Å². The Hall–Kier alpha value is -0.410. The van der Waals surface area contributed by atoms with Crippen LogP contribution in [-0.2, 0) is 9.53 Å². The van der Waals surface area contributed by atoms with E-state index in [-0.39, 0.29) is 17.1 Å². The van der Waals surface area contributed by atoms with Gasteiger partial charge in [0.25, 0.3) is 0 Å². The number of fused-ring (bicyclic) bond motifs is 1. The summed E-state index contributed by atoms with van der Waals surface area (Å²) in [7, 11) is 1.65. The summed E-state index contributed by atoms with van der Waals surface area (Å²) in [4.78, 5) is 12.7. The monoisotopic (exact) mass is 296 g/mol. The Labute approximate surface area is 110 Å². The van der Waals surface area contributed by atoms with Crippen LogP contribution in [0.2, 0.25) is 0 Å². The van der Waals surface area contributed by atoms with Gasteiger partial charge in [-0.3, -0.25) is 4.79 Å². The molecule has 2 nitrogen and oxygen atoms in total. The highest BCUT2D eigenvalue weighted by atomic mass is 79.9. The van der Waals surface area contributed by atoms with Gasteiger partial charge in [0.05, 0.1) is 0 Å². The van der Waals surface area contributed by atoms with Crippen LogP contribution in [0.4, 0.5) is 0 Å². The van der Waals surface area contributed by atoms with Crippen LogP contribution in [0, 0.1) is 23.2 Å². The molecule has 0 aromatic carbocycles. The lowest BCUT2D eigenvalue weighted by atomic mass is 9.50. The average Bonchev–Trinajstić information content (AvgIpc) is 2.74. The Kier molecular flexibility index (Phi) is 2.28. The summed E-state index contributed by atoms with van der Waals surface area (Å²) in [6, 6.07) is 0. The maximum Gasteiger partial charge on any atom is 0.175 e. The lowest BCUT2D eigenvalue weighted by Gasteiger charge is -2.56. The topological polar surface area (TPSA) is 26.3 Å². The Morgan fingerprint density at radius 3 is 2.82 bits per heavy atom. The van der Waals surface area contributed by atoms with E-state index in [0.29, 0.717) is 11.8 Å². The number of rotatable bonds is 1. The third kappa shape index (κ3) is 1.17. The number of halogens is 1. The van der Waals surface area contributed by atoms with Gasteiger partial charge in [0, 0.05) is 24.4 Å². The lowest BCUT2D eigenvalue weighted by Crippen LogP contribution is -2.64. The zero-order valence-corrected chi connectivity index (χ0v) is 12.0. The number of carbonyl (C=O) groups is 1. The number of allylic oxidation sites excluding steroid dienone is 2. The summed E-state index contributed by atoms with van der Waals surface area (Å²) in [6.45, 7) is 4.10. The molecular formula is C14H17BrO2. The number of carbonyl (C=O) groups excluding carboxylic acids is 1. The van der Waals surface area contributed by atoms with Crippen molar-refractivity contribution in [3.05, 3.63) is 22.7 Å². The smallest absolute Gasteiger partial charge is 0.175 e. The lowest BCUT2D eigenvalue weighted by molar-refractivity contribution is -0.167. The first-order valence-corrected chi connectivity index (χ1v) is 6.89. The quantitative estimate of drug-likeness (QED) is 0.695. The predicted octanol–water partition coefficient (Wildman–Crippen LogP) is 3.08. The Balaban J connectivity index is 2.24. The Morgan fingerprint density at radius 1 is 1.47 bits per heavy atom. The van der Waals surface area contributed by atoms with Gasteiger partial charge in [-0.25, -0.2) is 0 Å². The average molecular weight is 297 g/mol. The summed E-state index contributed by atoms with van der Waals surface area (Å²) < 4.78 is 6.84. The molecule has 0 aromatic rings. The molecule has 17 heavy (non-hydrogen) atoms. The standard InChI is InChI=1S/C14H17BrO2/c1-13(2)11-8-5-4-6-9(8)14(17-3,12(13)16)7-10(11)15/h4,6-9,11H,5H2,1-3H3/t8-,9+,11+,14-/m1/s1. The molecule has 4 rings (SSSR count). The Bertz CT molecular complexity index is 449. The SMILES string of the molecule is CO[C@]12C=C(Br)[C@H]([C@@H]3CC=C[C@@H]31)C(C)(C)C2=O. The van der Waals surface area contributed by atoms with Crippen molar-refractivity contribution in [2.45, 2.75) is 25.9 Å². The van der Waals surface area contributed by atoms with Crippen LogP contribution in [0.25, 0.3) is 0 Å². The van der Waals surface area contributed by atoms with Crippen LogP contribution in [0.3, 0.4) is 0 Å². The number of Topliss-reactive ketones (excluding diaryl/α,β-unsaturated/α-hetero) is 1. The van der Waals surface area contributed by atoms with Gasteiger partial charge in [-0.1, -0.05) is 41.9 Å². The zero-order valence-electron chi connectivity index (χ0n) is 10.4. The third-order valence-electron chi connectivity index (χ3n) is 4.84. The van der Waals surface area contributed by atoms with E-state index in [4.69, 9.17) is 4.74 Å². The summed E-state index contributed by atoms with van der Waals surface area (Å²) >= 11 is 3.66. The number of hydrogen-bond acceptors (Lipinski definition) is 2. The summed E-state index contributed by atoms with van der Waals surface area (Å²) in [5.74, 6) is 1.25. The number of ether oxygens (including phenoxy) is 1. The van der Waals surface area contributed by atoms with Crippen molar-refractivity contribution in [1.82, 2.24) is 0 Å². The molecule has 0 N–H and O–H groups in total. The van der Waals surface area contributed by atoms with Crippen molar-refractivity contribution in [3.8, 4) is 0 Å². The second-order valence-corrected chi connectivity index (χ2v) is 6.82. The van der Waals surface area contributed by atoms with Gasteiger partial charge < -0.3 is 4.74 Å². The number of hydrogen-bond donors (Lipinski definition) is 0. The molecule has 4 aliphatic carbocycles. The maximum atomic E-state index is 12.7. The van der Waals surface area contributed by atoms with Crippen molar-refractivity contribution >= 4 is 21.7 Å². The summed E-state index contributed by atoms with van der Waals surface area (Å²) in [5, 5.41) is 0. The normalized spacial score (nSPS) is 46.0. The van der Waals surface area contributed by atoms with Gasteiger partial charge in [0.1, 0.15) is 0 Å². The molecule has 3 heteroatoms. The van der Waals surface area contributed by atoms with Crippen molar-refractivity contribution in [3.63, 3.8) is 0 Å². The highest BCUT2D eigenvalue weighted by Crippen LogP contribution is 2.61. The van der Waals surface area contributed by atoms with Crippen LogP contribution in [-0.4, -0.2) is 18.5 Å². The van der Waals surface area contributed by atoms with E-state index in [2.05, 4.69) is 41.9 Å². The minimum Gasteiger partial charge on any atom is -0.366 e. The molecular weight excluding hydrogens is 280 g/mol. The molecule has 0 amide bonds. The molecule has 0 aliphatic heterocycles. The first-order chi connectivity index (χ1) is 7.95. The fourth-order valence-corrected chi connectivity index (χ4v) is 5.35. The number of ketones is 1. The molecule has 0 saturated heterocycles. The molecule has 0 radical (unpaired) electrons. The summed E-state index contributed by atoms with van der Waals surface area (Å²) in [5.41, 5.74) is -1.08. The van der Waals surface area contributed by atoms with Gasteiger partial charge in [0.2, 0.25) is 0 Å². The van der Waals surface area contributed by atoms with E-state index in [0.717, 1.165) is 10.9 Å². The van der Waals surface area contributed by atoms with Gasteiger partial charge in [0.15, 0.2) is 11.4 Å². The molecule has 0 spiro atoms. The zero-order chi connectivity index (χ0) is 12.4. The van der Waals surface area contributed by atoms with Crippen LogP contribution in [0.1, 0.15) is 20.3 Å². The van der Waals surface area contributed by atoms with E-state index >= 15 is 0 Å². The minimum atomic E-state index is -0.741. The van der Waals surface area contributed by atoms with Crippen LogP contribution in [0.5, 0.6) is 0 Å². The Morgan fingerprint density at radius 2 is 2.18 bits per heavy atom. The first kappa shape index (κ1) is 11.7. The number of methoxy groups -OCH3 is 1. The van der Waals surface area contributed by atoms with E-state index in [1.807, 2.05) is 6.08 Å². The molecule has 0 aromatic heterocycles. The fraction of sp³-hybridized carbons (Fsp3) is 0.643. The summed E-state index contributed by atoms with van der Waals surface area (Å²) in [6.07, 6.45) is 7.43. The van der Waals surface area contributed by atoms with Crippen molar-refractivity contribution in [2.75, 3.05) is 7.11 Å². The van der Waals surface area contributed by atoms with Crippen molar-refractivity contribution in [2.24, 2.45) is 23.2 Å². The van der Waals surface area contributed by atoms with E-state index in [9.17, 15) is 4.79 Å². The maximum absolute atomic E-state index is 12.7. The molecule has 1 fully saturated rings. The minimum absolute atomic E-state index is 0.222. The van der Waals surface area contributed by atoms with Gasteiger partial charge in [-0.15, -0.1) is 0 Å². The van der Waals surface area contributed by atoms with Crippen LogP contribution < -0.4 is 0 Å². The van der Waals surface area contributed by atoms with E-state index < -0.39 is 5.60 Å². The molecule has 92 valence electrons. The van der Waals surface area contributed by atoms with Gasteiger partial charge >= 0.3 is 0 Å². The largest absolute Gasteiger partial charge is 0.366 e. The highest BCUT2D eigenvalue weighted by Gasteiger charge is 2.65. The molecule has 4 atom stereocenters. The highest BCUT2D eigenvalue weighted by molar-refractivity contribution is 9.11. The van der Waals surface area contributed by atoms with Crippen molar-refractivity contribution < 1.29 is 9.53 Å². The predicted molar refractivity (Wildman–Crippen MR) is 69.8 cm³/mol. The molecule has 0 unspecified atom stereocenters. The van der Waals surface area contributed by atoms with E-state index in [1.54, 1.807) is 7.11 Å². The van der Waals surface area contributed by atoms with Gasteiger partial charge in [-0.05, 0) is 22.9 Å². The second kappa shape index (κ2) is 3.33. The van der Waals surface area contributed by atoms with Crippen molar-refractivity contribution in [1.29, 1.82) is 0 Å². The first-order valence-electron chi connectivity index (χ1n) is 6.10. The molecule has 1 saturated carbocycles. The van der Waals surface area contributed by atoms with E-state index in [1.165, 1.54) is 0 Å². The molecule has 0 heterocycles. The fourth-order valence-electron chi connectivity index (χ4n) is 4.10. The van der Waals surface area contributed by atoms with Crippen LogP contribution >= 0.6 is 15.9 Å². The molecule has 4 aliphatic rings. The van der Waals surface area contributed by atoms with Gasteiger partial charge in [-0.2, -0.15) is 0 Å². The third-order valence-corrected chi connectivity index (χ3v) is 5.56. The second-order valence-electron chi connectivity index (χ2n) is 5.91. The molecule has 2 bridgehead atoms.